The highest BCUT2D eigenvalue weighted by atomic mass is 35.5. The molecule has 0 fully saturated rings. The SMILES string of the molecule is CC(C)CNCCCc1ccc(Cl)c(Cl)c1. The third kappa shape index (κ3) is 5.20. The van der Waals surface area contributed by atoms with Crippen LogP contribution in [-0.4, -0.2) is 13.1 Å². The summed E-state index contributed by atoms with van der Waals surface area (Å²) in [6, 6.07) is 5.85. The third-order valence-corrected chi connectivity index (χ3v) is 3.09. The summed E-state index contributed by atoms with van der Waals surface area (Å²) >= 11 is 11.8. The first-order valence-corrected chi connectivity index (χ1v) is 6.50. The Kier molecular flexibility index (Phi) is 6.18. The van der Waals surface area contributed by atoms with E-state index in [2.05, 4.69) is 19.2 Å². The summed E-state index contributed by atoms with van der Waals surface area (Å²) in [7, 11) is 0. The van der Waals surface area contributed by atoms with Crippen molar-refractivity contribution in [3.63, 3.8) is 0 Å². The van der Waals surface area contributed by atoms with E-state index in [9.17, 15) is 0 Å². The zero-order valence-corrected chi connectivity index (χ0v) is 11.4. The number of aryl methyl sites for hydroxylation is 1. The van der Waals surface area contributed by atoms with Crippen LogP contribution < -0.4 is 5.32 Å². The van der Waals surface area contributed by atoms with Crippen LogP contribution in [0.4, 0.5) is 0 Å². The van der Waals surface area contributed by atoms with E-state index in [0.717, 1.165) is 25.9 Å². The lowest BCUT2D eigenvalue weighted by Crippen LogP contribution is -2.21. The van der Waals surface area contributed by atoms with Gasteiger partial charge in [-0.3, -0.25) is 0 Å². The lowest BCUT2D eigenvalue weighted by molar-refractivity contribution is 0.543. The number of hydrogen-bond donors (Lipinski definition) is 1. The van der Waals surface area contributed by atoms with Gasteiger partial charge in [-0.15, -0.1) is 0 Å². The fraction of sp³-hybridized carbons (Fsp3) is 0.538. The second kappa shape index (κ2) is 7.16. The fourth-order valence-electron chi connectivity index (χ4n) is 1.50. The second-order valence-electron chi connectivity index (χ2n) is 4.45. The van der Waals surface area contributed by atoms with Gasteiger partial charge in [0.2, 0.25) is 0 Å². The molecular weight excluding hydrogens is 241 g/mol. The number of halogens is 2. The minimum absolute atomic E-state index is 0.628. The maximum Gasteiger partial charge on any atom is 0.0595 e. The van der Waals surface area contributed by atoms with E-state index in [-0.39, 0.29) is 0 Å². The highest BCUT2D eigenvalue weighted by Gasteiger charge is 1.99. The van der Waals surface area contributed by atoms with Gasteiger partial charge in [0, 0.05) is 0 Å². The van der Waals surface area contributed by atoms with Crippen LogP contribution in [0.25, 0.3) is 0 Å². The maximum absolute atomic E-state index is 5.95. The number of rotatable bonds is 6. The number of hydrogen-bond acceptors (Lipinski definition) is 1. The maximum atomic E-state index is 5.95. The quantitative estimate of drug-likeness (QED) is 0.757. The average molecular weight is 260 g/mol. The highest BCUT2D eigenvalue weighted by molar-refractivity contribution is 6.42. The molecule has 1 N–H and O–H groups in total. The average Bonchev–Trinajstić information content (AvgIpc) is 2.22. The predicted molar refractivity (Wildman–Crippen MR) is 72.5 cm³/mol. The van der Waals surface area contributed by atoms with Crippen molar-refractivity contribution in [2.45, 2.75) is 26.7 Å². The zero-order valence-electron chi connectivity index (χ0n) is 9.89. The second-order valence-corrected chi connectivity index (χ2v) is 5.26. The molecule has 0 aliphatic rings. The van der Waals surface area contributed by atoms with Gasteiger partial charge in [-0.25, -0.2) is 0 Å². The van der Waals surface area contributed by atoms with Crippen LogP contribution >= 0.6 is 23.2 Å². The van der Waals surface area contributed by atoms with Crippen molar-refractivity contribution in [1.82, 2.24) is 5.32 Å². The molecule has 0 amide bonds. The molecule has 0 aliphatic heterocycles. The molecule has 1 nitrogen and oxygen atoms in total. The van der Waals surface area contributed by atoms with Crippen molar-refractivity contribution in [2.75, 3.05) is 13.1 Å². The molecule has 0 saturated heterocycles. The van der Waals surface area contributed by atoms with E-state index in [1.54, 1.807) is 0 Å². The molecule has 0 heterocycles. The van der Waals surface area contributed by atoms with Gasteiger partial charge in [-0.1, -0.05) is 43.1 Å². The molecular formula is C13H19Cl2N. The van der Waals surface area contributed by atoms with E-state index in [1.807, 2.05) is 18.2 Å². The van der Waals surface area contributed by atoms with Gasteiger partial charge in [0.25, 0.3) is 0 Å². The van der Waals surface area contributed by atoms with E-state index < -0.39 is 0 Å². The summed E-state index contributed by atoms with van der Waals surface area (Å²) in [5.41, 5.74) is 1.25. The highest BCUT2D eigenvalue weighted by Crippen LogP contribution is 2.22. The molecule has 0 radical (unpaired) electrons. The molecule has 1 aromatic rings. The minimum Gasteiger partial charge on any atom is -0.316 e. The van der Waals surface area contributed by atoms with Crippen molar-refractivity contribution in [2.24, 2.45) is 5.92 Å². The standard InChI is InChI=1S/C13H19Cl2N/c1-10(2)9-16-7-3-4-11-5-6-12(14)13(15)8-11/h5-6,8,10,16H,3-4,7,9H2,1-2H3. The zero-order chi connectivity index (χ0) is 12.0. The van der Waals surface area contributed by atoms with Crippen molar-refractivity contribution < 1.29 is 0 Å². The molecule has 0 aliphatic carbocycles. The Balaban J connectivity index is 2.24. The van der Waals surface area contributed by atoms with Gasteiger partial charge < -0.3 is 5.32 Å². The van der Waals surface area contributed by atoms with Crippen molar-refractivity contribution in [3.8, 4) is 0 Å². The molecule has 0 spiro atoms. The van der Waals surface area contributed by atoms with Gasteiger partial charge in [-0.2, -0.15) is 0 Å². The molecule has 90 valence electrons. The van der Waals surface area contributed by atoms with Crippen LogP contribution in [0.5, 0.6) is 0 Å². The van der Waals surface area contributed by atoms with Crippen LogP contribution in [0.1, 0.15) is 25.8 Å². The van der Waals surface area contributed by atoms with Gasteiger partial charge in [0.05, 0.1) is 10.0 Å². The minimum atomic E-state index is 0.628. The van der Waals surface area contributed by atoms with Crippen molar-refractivity contribution in [3.05, 3.63) is 33.8 Å². The Morgan fingerprint density at radius 3 is 2.56 bits per heavy atom. The Morgan fingerprint density at radius 1 is 1.19 bits per heavy atom. The van der Waals surface area contributed by atoms with E-state index in [0.29, 0.717) is 16.0 Å². The van der Waals surface area contributed by atoms with Crippen LogP contribution in [-0.2, 0) is 6.42 Å². The topological polar surface area (TPSA) is 12.0 Å². The molecule has 1 rings (SSSR count). The van der Waals surface area contributed by atoms with Crippen molar-refractivity contribution in [1.29, 1.82) is 0 Å². The first kappa shape index (κ1) is 13.8. The van der Waals surface area contributed by atoms with Gasteiger partial charge in [-0.05, 0) is 49.5 Å². The summed E-state index contributed by atoms with van der Waals surface area (Å²) in [6.45, 7) is 6.57. The molecule has 3 heteroatoms. The molecule has 1 aromatic carbocycles. The molecule has 0 saturated carbocycles. The Morgan fingerprint density at radius 2 is 1.94 bits per heavy atom. The summed E-state index contributed by atoms with van der Waals surface area (Å²) in [6.07, 6.45) is 2.17. The van der Waals surface area contributed by atoms with Crippen LogP contribution in [0, 0.1) is 5.92 Å². The van der Waals surface area contributed by atoms with Gasteiger partial charge in [0.1, 0.15) is 0 Å². The summed E-state index contributed by atoms with van der Waals surface area (Å²) in [5.74, 6) is 0.713. The van der Waals surface area contributed by atoms with E-state index >= 15 is 0 Å². The Hall–Kier alpha value is -0.240. The Labute approximate surface area is 108 Å². The van der Waals surface area contributed by atoms with Gasteiger partial charge >= 0.3 is 0 Å². The van der Waals surface area contributed by atoms with Gasteiger partial charge in [0.15, 0.2) is 0 Å². The molecule has 16 heavy (non-hydrogen) atoms. The van der Waals surface area contributed by atoms with Crippen LogP contribution in [0.2, 0.25) is 10.0 Å². The van der Waals surface area contributed by atoms with E-state index in [1.165, 1.54) is 5.56 Å². The summed E-state index contributed by atoms with van der Waals surface area (Å²) in [5, 5.41) is 4.70. The van der Waals surface area contributed by atoms with Crippen molar-refractivity contribution >= 4 is 23.2 Å². The smallest absolute Gasteiger partial charge is 0.0595 e. The first-order chi connectivity index (χ1) is 7.59. The van der Waals surface area contributed by atoms with Crippen LogP contribution in [0.3, 0.4) is 0 Å². The number of benzene rings is 1. The lowest BCUT2D eigenvalue weighted by atomic mass is 10.1. The first-order valence-electron chi connectivity index (χ1n) is 5.74. The summed E-state index contributed by atoms with van der Waals surface area (Å²) in [4.78, 5) is 0. The number of nitrogens with one attached hydrogen (secondary N) is 1. The van der Waals surface area contributed by atoms with E-state index in [4.69, 9.17) is 23.2 Å². The molecule has 0 atom stereocenters. The predicted octanol–water partition coefficient (Wildman–Crippen LogP) is 4.17. The molecule has 0 unspecified atom stereocenters. The fourth-order valence-corrected chi connectivity index (χ4v) is 1.82. The Bertz CT molecular complexity index is 324. The largest absolute Gasteiger partial charge is 0.316 e. The normalized spacial score (nSPS) is 11.1. The monoisotopic (exact) mass is 259 g/mol. The molecule has 0 aromatic heterocycles. The third-order valence-electron chi connectivity index (χ3n) is 2.36. The summed E-state index contributed by atoms with van der Waals surface area (Å²) < 4.78 is 0. The van der Waals surface area contributed by atoms with Crippen LogP contribution in [0.15, 0.2) is 18.2 Å². The molecule has 0 bridgehead atoms. The lowest BCUT2D eigenvalue weighted by Gasteiger charge is -2.07.